The van der Waals surface area contributed by atoms with Gasteiger partial charge in [0.05, 0.1) is 10.6 Å². The van der Waals surface area contributed by atoms with E-state index in [9.17, 15) is 4.79 Å². The van der Waals surface area contributed by atoms with Gasteiger partial charge in [0.2, 0.25) is 0 Å². The van der Waals surface area contributed by atoms with Crippen molar-refractivity contribution in [3.05, 3.63) is 28.8 Å². The first-order chi connectivity index (χ1) is 8.99. The van der Waals surface area contributed by atoms with Crippen molar-refractivity contribution in [3.63, 3.8) is 0 Å². The Morgan fingerprint density at radius 2 is 2.16 bits per heavy atom. The molecule has 0 unspecified atom stereocenters. The summed E-state index contributed by atoms with van der Waals surface area (Å²) in [6.45, 7) is 5.17. The maximum Gasteiger partial charge on any atom is 0.255 e. The molecule has 1 aliphatic carbocycles. The molecule has 0 radical (unpaired) electrons. The minimum absolute atomic E-state index is 0.0454. The number of thiol groups is 1. The van der Waals surface area contributed by atoms with Crippen LogP contribution in [-0.2, 0) is 0 Å². The molecule has 0 spiro atoms. The lowest BCUT2D eigenvalue weighted by molar-refractivity contribution is 0.0735. The van der Waals surface area contributed by atoms with E-state index in [2.05, 4.69) is 26.5 Å². The van der Waals surface area contributed by atoms with Gasteiger partial charge in [0.15, 0.2) is 0 Å². The number of hydrogen-bond donors (Lipinski definition) is 1. The smallest absolute Gasteiger partial charge is 0.255 e. The zero-order valence-electron chi connectivity index (χ0n) is 11.4. The van der Waals surface area contributed by atoms with Gasteiger partial charge in [-0.25, -0.2) is 0 Å². The molecule has 2 nitrogen and oxygen atoms in total. The van der Waals surface area contributed by atoms with E-state index in [1.165, 1.54) is 0 Å². The van der Waals surface area contributed by atoms with Gasteiger partial charge in [0, 0.05) is 17.5 Å². The molecule has 1 aliphatic rings. The Kier molecular flexibility index (Phi) is 4.80. The first-order valence-corrected chi connectivity index (χ1v) is 7.61. The minimum Gasteiger partial charge on any atom is -0.336 e. The van der Waals surface area contributed by atoms with Gasteiger partial charge in [-0.05, 0) is 43.4 Å². The highest BCUT2D eigenvalue weighted by molar-refractivity contribution is 7.80. The summed E-state index contributed by atoms with van der Waals surface area (Å²) >= 11 is 10.4. The van der Waals surface area contributed by atoms with Crippen molar-refractivity contribution >= 4 is 30.1 Å². The second-order valence-corrected chi connectivity index (χ2v) is 6.50. The van der Waals surface area contributed by atoms with Crippen LogP contribution < -0.4 is 0 Å². The summed E-state index contributed by atoms with van der Waals surface area (Å²) in [6.07, 6.45) is 3.25. The van der Waals surface area contributed by atoms with Crippen molar-refractivity contribution in [1.82, 2.24) is 4.90 Å². The Hall–Kier alpha value is -0.670. The summed E-state index contributed by atoms with van der Waals surface area (Å²) in [5.41, 5.74) is 0.574. The fourth-order valence-electron chi connectivity index (χ4n) is 2.07. The number of hydrogen-bond acceptors (Lipinski definition) is 2. The van der Waals surface area contributed by atoms with Crippen LogP contribution in [0.15, 0.2) is 23.1 Å². The van der Waals surface area contributed by atoms with Crippen LogP contribution in [-0.4, -0.2) is 23.4 Å². The SMILES string of the molecule is CC(C)CCN(C(=O)c1cc(S)ccc1Cl)C1CC1. The van der Waals surface area contributed by atoms with Gasteiger partial charge in [-0.1, -0.05) is 25.4 Å². The highest BCUT2D eigenvalue weighted by Crippen LogP contribution is 2.31. The van der Waals surface area contributed by atoms with Gasteiger partial charge in [-0.3, -0.25) is 4.79 Å². The van der Waals surface area contributed by atoms with Gasteiger partial charge < -0.3 is 4.90 Å². The van der Waals surface area contributed by atoms with Crippen LogP contribution in [0.4, 0.5) is 0 Å². The van der Waals surface area contributed by atoms with E-state index in [-0.39, 0.29) is 5.91 Å². The van der Waals surface area contributed by atoms with E-state index < -0.39 is 0 Å². The second-order valence-electron chi connectivity index (χ2n) is 5.58. The van der Waals surface area contributed by atoms with Gasteiger partial charge in [0.25, 0.3) is 5.91 Å². The van der Waals surface area contributed by atoms with Crippen LogP contribution in [0.5, 0.6) is 0 Å². The van der Waals surface area contributed by atoms with Gasteiger partial charge >= 0.3 is 0 Å². The molecule has 0 aromatic heterocycles. The molecule has 4 heteroatoms. The van der Waals surface area contributed by atoms with E-state index in [1.54, 1.807) is 18.2 Å². The predicted molar refractivity (Wildman–Crippen MR) is 82.2 cm³/mol. The molecule has 0 saturated heterocycles. The second kappa shape index (κ2) is 6.19. The van der Waals surface area contributed by atoms with Crippen LogP contribution in [0.1, 0.15) is 43.5 Å². The molecule has 0 bridgehead atoms. The first kappa shape index (κ1) is 14.7. The minimum atomic E-state index is 0.0454. The molecule has 104 valence electrons. The Balaban J connectivity index is 2.16. The molecule has 1 aromatic carbocycles. The van der Waals surface area contributed by atoms with Crippen LogP contribution >= 0.6 is 24.2 Å². The monoisotopic (exact) mass is 297 g/mol. The molecule has 19 heavy (non-hydrogen) atoms. The summed E-state index contributed by atoms with van der Waals surface area (Å²) < 4.78 is 0. The predicted octanol–water partition coefficient (Wildman–Crippen LogP) is 4.28. The summed E-state index contributed by atoms with van der Waals surface area (Å²) in [5.74, 6) is 0.643. The lowest BCUT2D eigenvalue weighted by atomic mass is 10.1. The number of carbonyl (C=O) groups excluding carboxylic acids is 1. The van der Waals surface area contributed by atoms with Crippen molar-refractivity contribution in [2.75, 3.05) is 6.54 Å². The number of halogens is 1. The fraction of sp³-hybridized carbons (Fsp3) is 0.533. The maximum atomic E-state index is 12.6. The third kappa shape index (κ3) is 3.90. The lowest BCUT2D eigenvalue weighted by Gasteiger charge is -2.24. The maximum absolute atomic E-state index is 12.6. The van der Waals surface area contributed by atoms with Crippen LogP contribution in [0.3, 0.4) is 0 Å². The Morgan fingerprint density at radius 1 is 1.47 bits per heavy atom. The molecule has 1 aromatic rings. The average Bonchev–Trinajstić information content (AvgIpc) is 3.16. The molecule has 0 heterocycles. The molecule has 0 atom stereocenters. The molecule has 2 rings (SSSR count). The third-order valence-electron chi connectivity index (χ3n) is 3.38. The molecule has 1 amide bonds. The van der Waals surface area contributed by atoms with Crippen molar-refractivity contribution in [2.24, 2.45) is 5.92 Å². The molecule has 0 aliphatic heterocycles. The number of carbonyl (C=O) groups is 1. The number of amides is 1. The Bertz CT molecular complexity index is 471. The quantitative estimate of drug-likeness (QED) is 0.804. The molecule has 1 fully saturated rings. The normalized spacial score (nSPS) is 14.8. The molecular formula is C15H20ClNOS. The Labute approximate surface area is 125 Å². The summed E-state index contributed by atoms with van der Waals surface area (Å²) in [4.78, 5) is 15.4. The van der Waals surface area contributed by atoms with E-state index in [0.29, 0.717) is 22.5 Å². The molecule has 0 N–H and O–H groups in total. The van der Waals surface area contributed by atoms with E-state index in [4.69, 9.17) is 11.6 Å². The zero-order valence-corrected chi connectivity index (χ0v) is 13.0. The largest absolute Gasteiger partial charge is 0.336 e. The van der Waals surface area contributed by atoms with Gasteiger partial charge in [-0.2, -0.15) is 0 Å². The standard InChI is InChI=1S/C15H20ClNOS/c1-10(2)7-8-17(11-3-4-11)15(18)13-9-12(19)5-6-14(13)16/h5-6,9-11,19H,3-4,7-8H2,1-2H3. The van der Waals surface area contributed by atoms with E-state index in [1.807, 2.05) is 4.90 Å². The molecule has 1 saturated carbocycles. The van der Waals surface area contributed by atoms with Crippen LogP contribution in [0.25, 0.3) is 0 Å². The topological polar surface area (TPSA) is 20.3 Å². The summed E-state index contributed by atoms with van der Waals surface area (Å²) in [7, 11) is 0. The number of rotatable bonds is 5. The number of nitrogens with zero attached hydrogens (tertiary/aromatic N) is 1. The van der Waals surface area contributed by atoms with Crippen molar-refractivity contribution in [1.29, 1.82) is 0 Å². The summed E-state index contributed by atoms with van der Waals surface area (Å²) in [6, 6.07) is 5.71. The highest BCUT2D eigenvalue weighted by atomic mass is 35.5. The van der Waals surface area contributed by atoms with Crippen LogP contribution in [0.2, 0.25) is 5.02 Å². The number of benzene rings is 1. The third-order valence-corrected chi connectivity index (χ3v) is 3.98. The zero-order chi connectivity index (χ0) is 14.0. The van der Waals surface area contributed by atoms with Crippen molar-refractivity contribution in [2.45, 2.75) is 44.0 Å². The summed E-state index contributed by atoms with van der Waals surface area (Å²) in [5, 5.41) is 0.512. The fourth-order valence-corrected chi connectivity index (χ4v) is 2.47. The molecular weight excluding hydrogens is 278 g/mol. The first-order valence-electron chi connectivity index (χ1n) is 6.78. The van der Waals surface area contributed by atoms with E-state index >= 15 is 0 Å². The van der Waals surface area contributed by atoms with Gasteiger partial charge in [0.1, 0.15) is 0 Å². The van der Waals surface area contributed by atoms with Crippen molar-refractivity contribution in [3.8, 4) is 0 Å². The Morgan fingerprint density at radius 3 is 2.74 bits per heavy atom. The lowest BCUT2D eigenvalue weighted by Crippen LogP contribution is -2.34. The van der Waals surface area contributed by atoms with Crippen LogP contribution in [0, 0.1) is 5.92 Å². The van der Waals surface area contributed by atoms with Gasteiger partial charge in [-0.15, -0.1) is 12.6 Å². The van der Waals surface area contributed by atoms with E-state index in [0.717, 1.165) is 30.7 Å². The van der Waals surface area contributed by atoms with Crippen molar-refractivity contribution < 1.29 is 4.79 Å². The highest BCUT2D eigenvalue weighted by Gasteiger charge is 2.33. The average molecular weight is 298 g/mol.